The van der Waals surface area contributed by atoms with Gasteiger partial charge in [0.1, 0.15) is 17.2 Å². The number of methoxy groups -OCH3 is 1. The third-order valence-electron chi connectivity index (χ3n) is 7.37. The molecule has 2 aromatic carbocycles. The molecule has 0 aliphatic carbocycles. The van der Waals surface area contributed by atoms with Crippen molar-refractivity contribution in [3.05, 3.63) is 94.0 Å². The molecule has 2 N–H and O–H groups in total. The van der Waals surface area contributed by atoms with Gasteiger partial charge in [-0.2, -0.15) is 0 Å². The average molecular weight is 525 g/mol. The van der Waals surface area contributed by atoms with Crippen LogP contribution in [0.2, 0.25) is 0 Å². The highest BCUT2D eigenvalue weighted by atomic mass is 16.5. The number of ether oxygens (including phenoxy) is 3. The Labute approximate surface area is 227 Å². The summed E-state index contributed by atoms with van der Waals surface area (Å²) in [5.74, 6) is 2.36. The fourth-order valence-corrected chi connectivity index (χ4v) is 5.32. The maximum atomic E-state index is 12.6. The van der Waals surface area contributed by atoms with Crippen molar-refractivity contribution in [3.8, 4) is 28.5 Å². The third kappa shape index (κ3) is 5.20. The zero-order chi connectivity index (χ0) is 26.8. The van der Waals surface area contributed by atoms with Crippen molar-refractivity contribution >= 4 is 11.4 Å². The maximum Gasteiger partial charge on any atom is 0.250 e. The number of nitrogens with one attached hydrogen (secondary N) is 2. The molecule has 0 spiro atoms. The first kappa shape index (κ1) is 25.0. The summed E-state index contributed by atoms with van der Waals surface area (Å²) in [5.41, 5.74) is 6.69. The molecule has 4 aromatic rings. The zero-order valence-electron chi connectivity index (χ0n) is 22.2. The van der Waals surface area contributed by atoms with Gasteiger partial charge in [0.05, 0.1) is 38.3 Å². The van der Waals surface area contributed by atoms with E-state index in [0.717, 1.165) is 82.5 Å². The normalized spacial score (nSPS) is 15.1. The van der Waals surface area contributed by atoms with Gasteiger partial charge in [0, 0.05) is 54.3 Å². The van der Waals surface area contributed by atoms with Crippen molar-refractivity contribution in [2.75, 3.05) is 43.6 Å². The van der Waals surface area contributed by atoms with Crippen molar-refractivity contribution in [3.63, 3.8) is 0 Å². The smallest absolute Gasteiger partial charge is 0.250 e. The van der Waals surface area contributed by atoms with Gasteiger partial charge in [-0.25, -0.2) is 0 Å². The standard InChI is InChI=1S/C31H32N4O4/c1-3-27(22-15-25(37-2)19-32-18-22)33-23-7-8-29-21(14-23)13-20-5-4-6-26(31(20)39-29)28-16-24(17-30(36)34-28)35-9-11-38-12-10-35/h4-8,14-19,27,33H,3,9-13H2,1-2H3,(H,34,36). The number of benzene rings is 2. The number of H-pyrrole nitrogens is 1. The molecule has 4 heterocycles. The highest BCUT2D eigenvalue weighted by Gasteiger charge is 2.23. The Balaban J connectivity index is 1.27. The van der Waals surface area contributed by atoms with Crippen LogP contribution in [-0.2, 0) is 11.2 Å². The lowest BCUT2D eigenvalue weighted by Gasteiger charge is -2.29. The van der Waals surface area contributed by atoms with Crippen LogP contribution in [0.3, 0.4) is 0 Å². The van der Waals surface area contributed by atoms with Crippen molar-refractivity contribution in [1.82, 2.24) is 9.97 Å². The largest absolute Gasteiger partial charge is 0.495 e. The second-order valence-corrected chi connectivity index (χ2v) is 9.87. The van der Waals surface area contributed by atoms with Crippen molar-refractivity contribution in [1.29, 1.82) is 0 Å². The minimum Gasteiger partial charge on any atom is -0.495 e. The lowest BCUT2D eigenvalue weighted by molar-refractivity contribution is 0.122. The van der Waals surface area contributed by atoms with E-state index in [0.29, 0.717) is 13.2 Å². The quantitative estimate of drug-likeness (QED) is 0.289. The molecular formula is C31H32N4O4. The van der Waals surface area contributed by atoms with E-state index >= 15 is 0 Å². The van der Waals surface area contributed by atoms with E-state index in [2.05, 4.69) is 39.2 Å². The lowest BCUT2D eigenvalue weighted by Crippen LogP contribution is -2.36. The van der Waals surface area contributed by atoms with Crippen LogP contribution in [0.4, 0.5) is 11.4 Å². The molecule has 0 radical (unpaired) electrons. The second-order valence-electron chi connectivity index (χ2n) is 9.87. The van der Waals surface area contributed by atoms with Gasteiger partial charge in [-0.3, -0.25) is 9.78 Å². The summed E-state index contributed by atoms with van der Waals surface area (Å²) in [5, 5.41) is 3.65. The van der Waals surface area contributed by atoms with Crippen molar-refractivity contribution in [2.45, 2.75) is 25.8 Å². The van der Waals surface area contributed by atoms with Gasteiger partial charge in [-0.1, -0.05) is 19.1 Å². The molecule has 8 heteroatoms. The van der Waals surface area contributed by atoms with E-state index in [9.17, 15) is 4.79 Å². The van der Waals surface area contributed by atoms with Crippen LogP contribution in [0, 0.1) is 0 Å². The van der Waals surface area contributed by atoms with Crippen LogP contribution in [0.1, 0.15) is 36.1 Å². The summed E-state index contributed by atoms with van der Waals surface area (Å²) in [6.07, 6.45) is 5.23. The number of nitrogens with zero attached hydrogens (tertiary/aromatic N) is 2. The molecule has 2 aromatic heterocycles. The predicted octanol–water partition coefficient (Wildman–Crippen LogP) is 5.54. The van der Waals surface area contributed by atoms with Crippen LogP contribution in [0.25, 0.3) is 11.3 Å². The summed E-state index contributed by atoms with van der Waals surface area (Å²) in [6.45, 7) is 5.01. The molecule has 1 unspecified atom stereocenters. The van der Waals surface area contributed by atoms with Crippen molar-refractivity contribution < 1.29 is 14.2 Å². The predicted molar refractivity (Wildman–Crippen MR) is 152 cm³/mol. The highest BCUT2D eigenvalue weighted by molar-refractivity contribution is 5.74. The molecule has 1 fully saturated rings. The van der Waals surface area contributed by atoms with Crippen LogP contribution in [0.15, 0.2) is 71.8 Å². The maximum absolute atomic E-state index is 12.6. The van der Waals surface area contributed by atoms with Gasteiger partial charge in [0.25, 0.3) is 0 Å². The molecule has 0 saturated carbocycles. The Morgan fingerprint density at radius 1 is 1.08 bits per heavy atom. The molecule has 200 valence electrons. The van der Waals surface area contributed by atoms with Gasteiger partial charge >= 0.3 is 0 Å². The van der Waals surface area contributed by atoms with Gasteiger partial charge in [-0.15, -0.1) is 0 Å². The third-order valence-corrected chi connectivity index (χ3v) is 7.37. The minimum atomic E-state index is -0.129. The molecule has 39 heavy (non-hydrogen) atoms. The zero-order valence-corrected chi connectivity index (χ0v) is 22.2. The Hall–Kier alpha value is -4.30. The number of anilines is 2. The summed E-state index contributed by atoms with van der Waals surface area (Å²) >= 11 is 0. The second kappa shape index (κ2) is 10.8. The van der Waals surface area contributed by atoms with E-state index in [4.69, 9.17) is 14.2 Å². The lowest BCUT2D eigenvalue weighted by atomic mass is 9.96. The van der Waals surface area contributed by atoms with Crippen LogP contribution in [0.5, 0.6) is 17.2 Å². The first-order valence-corrected chi connectivity index (χ1v) is 13.4. The Morgan fingerprint density at radius 3 is 2.77 bits per heavy atom. The molecular weight excluding hydrogens is 492 g/mol. The molecule has 1 saturated heterocycles. The van der Waals surface area contributed by atoms with E-state index in [1.807, 2.05) is 42.6 Å². The summed E-state index contributed by atoms with van der Waals surface area (Å²) in [6, 6.07) is 18.1. The van der Waals surface area contributed by atoms with Gasteiger partial charge in [0.2, 0.25) is 5.56 Å². The summed E-state index contributed by atoms with van der Waals surface area (Å²) < 4.78 is 17.3. The molecule has 1 atom stereocenters. The molecule has 0 bridgehead atoms. The number of para-hydroxylation sites is 1. The molecule has 8 nitrogen and oxygen atoms in total. The van der Waals surface area contributed by atoms with Gasteiger partial charge in [-0.05, 0) is 53.9 Å². The molecule has 2 aliphatic heterocycles. The van der Waals surface area contributed by atoms with Crippen LogP contribution in [-0.4, -0.2) is 43.4 Å². The minimum absolute atomic E-state index is 0.101. The highest BCUT2D eigenvalue weighted by Crippen LogP contribution is 2.43. The number of fused-ring (bicyclic) bond motifs is 2. The molecule has 0 amide bonds. The van der Waals surface area contributed by atoms with E-state index in [1.165, 1.54) is 0 Å². The number of hydrogen-bond acceptors (Lipinski definition) is 7. The first-order valence-electron chi connectivity index (χ1n) is 13.4. The molecule has 2 aliphatic rings. The number of pyridine rings is 2. The number of morpholine rings is 1. The van der Waals surface area contributed by atoms with E-state index < -0.39 is 0 Å². The summed E-state index contributed by atoms with van der Waals surface area (Å²) in [4.78, 5) is 22.1. The van der Waals surface area contributed by atoms with Crippen LogP contribution >= 0.6 is 0 Å². The monoisotopic (exact) mass is 524 g/mol. The van der Waals surface area contributed by atoms with Crippen LogP contribution < -0.4 is 25.2 Å². The number of aromatic nitrogens is 2. The first-order chi connectivity index (χ1) is 19.1. The fraction of sp³-hybridized carbons (Fsp3) is 0.290. The number of rotatable bonds is 7. The van der Waals surface area contributed by atoms with E-state index in [-0.39, 0.29) is 11.6 Å². The van der Waals surface area contributed by atoms with E-state index in [1.54, 1.807) is 19.4 Å². The molecule has 6 rings (SSSR count). The summed E-state index contributed by atoms with van der Waals surface area (Å²) in [7, 11) is 1.65. The SMILES string of the molecule is CCC(Nc1ccc2c(c1)Cc1cccc(-c3cc(N4CCOCC4)cc(=O)[nH]3)c1O2)c1cncc(OC)c1. The fourth-order valence-electron chi connectivity index (χ4n) is 5.32. The topological polar surface area (TPSA) is 88.7 Å². The van der Waals surface area contributed by atoms with Crippen molar-refractivity contribution in [2.24, 2.45) is 0 Å². The Kier molecular flexibility index (Phi) is 6.94. The Bertz CT molecular complexity index is 1540. The average Bonchev–Trinajstić information content (AvgIpc) is 2.98. The van der Waals surface area contributed by atoms with Gasteiger partial charge in [0.15, 0.2) is 0 Å². The van der Waals surface area contributed by atoms with Gasteiger partial charge < -0.3 is 29.4 Å². The number of aromatic amines is 1. The number of hydrogen-bond donors (Lipinski definition) is 2. The Morgan fingerprint density at radius 2 is 1.95 bits per heavy atom.